The van der Waals surface area contributed by atoms with Crippen LogP contribution in [-0.4, -0.2) is 36.2 Å². The molecule has 1 aliphatic carbocycles. The molecular formula is C16H24Cl2FNO. The minimum atomic E-state index is -0.808. The van der Waals surface area contributed by atoms with Crippen molar-refractivity contribution < 1.29 is 9.50 Å². The Labute approximate surface area is 137 Å². The Morgan fingerprint density at radius 3 is 2.71 bits per heavy atom. The molecule has 1 aliphatic rings. The molecule has 0 heterocycles. The van der Waals surface area contributed by atoms with Crippen LogP contribution in [0, 0.1) is 11.7 Å². The predicted octanol–water partition coefficient (Wildman–Crippen LogP) is 3.93. The average Bonchev–Trinajstić information content (AvgIpc) is 2.35. The maximum atomic E-state index is 14.0. The van der Waals surface area contributed by atoms with Gasteiger partial charge in [0, 0.05) is 23.9 Å². The van der Waals surface area contributed by atoms with E-state index in [9.17, 15) is 9.50 Å². The second-order valence-electron chi connectivity index (χ2n) is 6.22. The smallest absolute Gasteiger partial charge is 0.127 e. The normalized spacial score (nSPS) is 25.7. The van der Waals surface area contributed by atoms with Crippen LogP contribution in [-0.2, 0) is 6.42 Å². The number of nitrogens with zero attached hydrogens (tertiary/aromatic N) is 1. The summed E-state index contributed by atoms with van der Waals surface area (Å²) in [5, 5.41) is 11.4. The lowest BCUT2D eigenvalue weighted by molar-refractivity contribution is -0.0558. The van der Waals surface area contributed by atoms with Crippen LogP contribution in [0.3, 0.4) is 0 Å². The molecule has 0 saturated heterocycles. The van der Waals surface area contributed by atoms with Crippen molar-refractivity contribution in [2.75, 3.05) is 20.6 Å². The molecule has 1 aromatic rings. The monoisotopic (exact) mass is 335 g/mol. The first-order valence-corrected chi connectivity index (χ1v) is 7.59. The first-order chi connectivity index (χ1) is 9.40. The largest absolute Gasteiger partial charge is 0.389 e. The highest BCUT2D eigenvalue weighted by Gasteiger charge is 2.39. The highest BCUT2D eigenvalue weighted by atomic mass is 35.5. The Morgan fingerprint density at radius 1 is 1.38 bits per heavy atom. The molecule has 0 radical (unpaired) electrons. The second kappa shape index (κ2) is 7.77. The maximum Gasteiger partial charge on any atom is 0.127 e. The third-order valence-corrected chi connectivity index (χ3v) is 4.50. The summed E-state index contributed by atoms with van der Waals surface area (Å²) in [4.78, 5) is 2.10. The molecule has 1 fully saturated rings. The van der Waals surface area contributed by atoms with Crippen LogP contribution < -0.4 is 0 Å². The fourth-order valence-electron chi connectivity index (χ4n) is 3.22. The van der Waals surface area contributed by atoms with Crippen LogP contribution in [0.25, 0.3) is 0 Å². The van der Waals surface area contributed by atoms with E-state index in [4.69, 9.17) is 11.6 Å². The summed E-state index contributed by atoms with van der Waals surface area (Å²) < 4.78 is 14.0. The maximum absolute atomic E-state index is 14.0. The molecule has 0 unspecified atom stereocenters. The summed E-state index contributed by atoms with van der Waals surface area (Å²) in [6.07, 6.45) is 4.27. The topological polar surface area (TPSA) is 23.5 Å². The summed E-state index contributed by atoms with van der Waals surface area (Å²) in [6, 6.07) is 4.70. The Balaban J connectivity index is 0.00000220. The number of hydrogen-bond donors (Lipinski definition) is 1. The third-order valence-electron chi connectivity index (χ3n) is 4.27. The van der Waals surface area contributed by atoms with E-state index in [1.807, 2.05) is 14.1 Å². The molecule has 2 atom stereocenters. The zero-order valence-corrected chi connectivity index (χ0v) is 14.2. The molecule has 120 valence electrons. The molecule has 1 saturated carbocycles. The quantitative estimate of drug-likeness (QED) is 0.901. The van der Waals surface area contributed by atoms with Crippen molar-refractivity contribution in [3.63, 3.8) is 0 Å². The van der Waals surface area contributed by atoms with Gasteiger partial charge < -0.3 is 10.0 Å². The van der Waals surface area contributed by atoms with E-state index in [0.29, 0.717) is 17.0 Å². The van der Waals surface area contributed by atoms with E-state index in [0.717, 1.165) is 32.2 Å². The number of benzene rings is 1. The summed E-state index contributed by atoms with van der Waals surface area (Å²) in [5.74, 6) is -0.124. The first kappa shape index (κ1) is 18.7. The van der Waals surface area contributed by atoms with Gasteiger partial charge in [-0.25, -0.2) is 4.39 Å². The lowest BCUT2D eigenvalue weighted by Gasteiger charge is -2.41. The van der Waals surface area contributed by atoms with Gasteiger partial charge >= 0.3 is 0 Å². The van der Waals surface area contributed by atoms with Crippen LogP contribution in [0.15, 0.2) is 18.2 Å². The van der Waals surface area contributed by atoms with Crippen molar-refractivity contribution >= 4 is 24.0 Å². The first-order valence-electron chi connectivity index (χ1n) is 7.22. The molecule has 2 nitrogen and oxygen atoms in total. The van der Waals surface area contributed by atoms with Crippen molar-refractivity contribution in [2.24, 2.45) is 5.92 Å². The summed E-state index contributed by atoms with van der Waals surface area (Å²) in [6.45, 7) is 0.839. The minimum absolute atomic E-state index is 0. The Kier molecular flexibility index (Phi) is 6.92. The summed E-state index contributed by atoms with van der Waals surface area (Å²) in [7, 11) is 4.02. The van der Waals surface area contributed by atoms with Gasteiger partial charge in [0.2, 0.25) is 0 Å². The van der Waals surface area contributed by atoms with Crippen LogP contribution in [0.2, 0.25) is 5.02 Å². The molecule has 5 heteroatoms. The van der Waals surface area contributed by atoms with Crippen molar-refractivity contribution in [1.29, 1.82) is 0 Å². The zero-order chi connectivity index (χ0) is 14.8. The summed E-state index contributed by atoms with van der Waals surface area (Å²) in [5.41, 5.74) is -0.250. The van der Waals surface area contributed by atoms with Gasteiger partial charge in [0.25, 0.3) is 0 Å². The van der Waals surface area contributed by atoms with Crippen molar-refractivity contribution in [3.8, 4) is 0 Å². The van der Waals surface area contributed by atoms with Crippen molar-refractivity contribution in [2.45, 2.75) is 37.7 Å². The molecule has 1 N–H and O–H groups in total. The van der Waals surface area contributed by atoms with Crippen molar-refractivity contribution in [3.05, 3.63) is 34.6 Å². The number of halogens is 3. The average molecular weight is 336 g/mol. The molecular weight excluding hydrogens is 312 g/mol. The Hall–Kier alpha value is -0.350. The fourth-order valence-corrected chi connectivity index (χ4v) is 3.38. The predicted molar refractivity (Wildman–Crippen MR) is 87.8 cm³/mol. The van der Waals surface area contributed by atoms with Gasteiger partial charge in [0.05, 0.1) is 5.60 Å². The van der Waals surface area contributed by atoms with Crippen LogP contribution in [0.1, 0.15) is 31.2 Å². The van der Waals surface area contributed by atoms with E-state index in [-0.39, 0.29) is 24.1 Å². The van der Waals surface area contributed by atoms with E-state index >= 15 is 0 Å². The minimum Gasteiger partial charge on any atom is -0.389 e. The van der Waals surface area contributed by atoms with E-state index in [1.165, 1.54) is 6.07 Å². The molecule has 0 amide bonds. The highest BCUT2D eigenvalue weighted by molar-refractivity contribution is 6.30. The summed E-state index contributed by atoms with van der Waals surface area (Å²) >= 11 is 5.78. The fraction of sp³-hybridized carbons (Fsp3) is 0.625. The van der Waals surface area contributed by atoms with Gasteiger partial charge in [-0.2, -0.15) is 0 Å². The third kappa shape index (κ3) is 4.82. The van der Waals surface area contributed by atoms with Crippen LogP contribution >= 0.6 is 24.0 Å². The Morgan fingerprint density at radius 2 is 2.10 bits per heavy atom. The van der Waals surface area contributed by atoms with Gasteiger partial charge in [-0.3, -0.25) is 0 Å². The van der Waals surface area contributed by atoms with Crippen LogP contribution in [0.5, 0.6) is 0 Å². The molecule has 0 aromatic heterocycles. The van der Waals surface area contributed by atoms with Crippen LogP contribution in [0.4, 0.5) is 4.39 Å². The number of rotatable bonds is 4. The zero-order valence-electron chi connectivity index (χ0n) is 12.6. The lowest BCUT2D eigenvalue weighted by Crippen LogP contribution is -2.47. The van der Waals surface area contributed by atoms with E-state index < -0.39 is 5.60 Å². The number of hydrogen-bond acceptors (Lipinski definition) is 2. The van der Waals surface area contributed by atoms with E-state index in [1.54, 1.807) is 12.1 Å². The van der Waals surface area contributed by atoms with Gasteiger partial charge in [0.1, 0.15) is 5.82 Å². The Bertz CT molecular complexity index is 470. The van der Waals surface area contributed by atoms with Gasteiger partial charge in [-0.15, -0.1) is 12.4 Å². The lowest BCUT2D eigenvalue weighted by atomic mass is 9.72. The standard InChI is InChI=1S/C16H23ClFNO.ClH/c1-19(2)11-13-5-3-4-8-16(13,20)10-12-6-7-14(17)9-15(12)18;/h6-7,9,13,20H,3-5,8,10-11H2,1-2H3;1H/t13-,16+;/m1./s1. The SMILES string of the molecule is CN(C)C[C@H]1CCCC[C@]1(O)Cc1ccc(Cl)cc1F.Cl. The van der Waals surface area contributed by atoms with Gasteiger partial charge in [0.15, 0.2) is 0 Å². The molecule has 0 aliphatic heterocycles. The highest BCUT2D eigenvalue weighted by Crippen LogP contribution is 2.37. The van der Waals surface area contributed by atoms with Gasteiger partial charge in [-0.1, -0.05) is 30.5 Å². The van der Waals surface area contributed by atoms with E-state index in [2.05, 4.69) is 4.90 Å². The molecule has 2 rings (SSSR count). The number of aliphatic hydroxyl groups is 1. The molecule has 0 bridgehead atoms. The van der Waals surface area contributed by atoms with Crippen molar-refractivity contribution in [1.82, 2.24) is 4.90 Å². The molecule has 21 heavy (non-hydrogen) atoms. The second-order valence-corrected chi connectivity index (χ2v) is 6.66. The van der Waals surface area contributed by atoms with Gasteiger partial charge in [-0.05, 0) is 44.6 Å². The molecule has 1 aromatic carbocycles. The molecule has 0 spiro atoms.